The van der Waals surface area contributed by atoms with Gasteiger partial charge in [-0.15, -0.1) is 0 Å². The molecule has 0 spiro atoms. The van der Waals surface area contributed by atoms with Gasteiger partial charge in [-0.3, -0.25) is 0 Å². The quantitative estimate of drug-likeness (QED) is 0.895. The SMILES string of the molecule is O=C(O)c1cccc(Cl)c1N1CCC2CCCCC21. The number of aromatic carboxylic acids is 1. The van der Waals surface area contributed by atoms with E-state index >= 15 is 0 Å². The third-order valence-corrected chi connectivity index (χ3v) is 4.82. The average molecular weight is 280 g/mol. The normalized spacial score (nSPS) is 26.3. The maximum Gasteiger partial charge on any atom is 0.337 e. The summed E-state index contributed by atoms with van der Waals surface area (Å²) in [6, 6.07) is 5.63. The van der Waals surface area contributed by atoms with Crippen LogP contribution in [-0.2, 0) is 0 Å². The van der Waals surface area contributed by atoms with Gasteiger partial charge in [0.2, 0.25) is 0 Å². The fraction of sp³-hybridized carbons (Fsp3) is 0.533. The Labute approximate surface area is 118 Å². The van der Waals surface area contributed by atoms with Gasteiger partial charge >= 0.3 is 5.97 Å². The zero-order chi connectivity index (χ0) is 13.4. The smallest absolute Gasteiger partial charge is 0.337 e. The van der Waals surface area contributed by atoms with E-state index < -0.39 is 5.97 Å². The van der Waals surface area contributed by atoms with Crippen LogP contribution in [0.25, 0.3) is 0 Å². The molecule has 1 aromatic rings. The number of halogens is 1. The van der Waals surface area contributed by atoms with Crippen LogP contribution in [0.2, 0.25) is 5.02 Å². The third-order valence-electron chi connectivity index (χ3n) is 4.51. The van der Waals surface area contributed by atoms with Gasteiger partial charge < -0.3 is 10.0 Å². The Balaban J connectivity index is 2.00. The lowest BCUT2D eigenvalue weighted by atomic mass is 9.85. The molecule has 19 heavy (non-hydrogen) atoms. The van der Waals surface area contributed by atoms with E-state index in [9.17, 15) is 9.90 Å². The number of para-hydroxylation sites is 1. The lowest BCUT2D eigenvalue weighted by Gasteiger charge is -2.34. The number of fused-ring (bicyclic) bond motifs is 1. The van der Waals surface area contributed by atoms with Crippen LogP contribution in [0.3, 0.4) is 0 Å². The van der Waals surface area contributed by atoms with Gasteiger partial charge in [0.1, 0.15) is 0 Å². The van der Waals surface area contributed by atoms with Crippen LogP contribution in [0.4, 0.5) is 5.69 Å². The van der Waals surface area contributed by atoms with Crippen LogP contribution >= 0.6 is 11.6 Å². The Morgan fingerprint density at radius 3 is 2.84 bits per heavy atom. The zero-order valence-electron chi connectivity index (χ0n) is 10.8. The number of rotatable bonds is 2. The predicted molar refractivity (Wildman–Crippen MR) is 76.1 cm³/mol. The molecule has 3 rings (SSSR count). The number of hydrogen-bond acceptors (Lipinski definition) is 2. The van der Waals surface area contributed by atoms with E-state index in [0.717, 1.165) is 25.1 Å². The lowest BCUT2D eigenvalue weighted by Crippen LogP contribution is -2.35. The Hall–Kier alpha value is -1.22. The van der Waals surface area contributed by atoms with Gasteiger partial charge in [-0.25, -0.2) is 4.79 Å². The first-order valence-corrected chi connectivity index (χ1v) is 7.34. The van der Waals surface area contributed by atoms with Crippen LogP contribution in [-0.4, -0.2) is 23.7 Å². The minimum Gasteiger partial charge on any atom is -0.478 e. The summed E-state index contributed by atoms with van der Waals surface area (Å²) in [5, 5.41) is 9.92. The van der Waals surface area contributed by atoms with Gasteiger partial charge in [-0.1, -0.05) is 30.5 Å². The van der Waals surface area contributed by atoms with E-state index in [1.807, 2.05) is 0 Å². The number of hydrogen-bond donors (Lipinski definition) is 1. The van der Waals surface area contributed by atoms with Gasteiger partial charge in [-0.2, -0.15) is 0 Å². The average Bonchev–Trinajstić information content (AvgIpc) is 2.82. The van der Waals surface area contributed by atoms with Crippen LogP contribution in [0.5, 0.6) is 0 Å². The van der Waals surface area contributed by atoms with E-state index in [-0.39, 0.29) is 0 Å². The molecule has 1 aromatic carbocycles. The Kier molecular flexibility index (Phi) is 3.40. The number of benzene rings is 1. The highest BCUT2D eigenvalue weighted by molar-refractivity contribution is 6.34. The first kappa shape index (κ1) is 12.8. The number of carbonyl (C=O) groups is 1. The van der Waals surface area contributed by atoms with Gasteiger partial charge in [-0.05, 0) is 37.3 Å². The summed E-state index contributed by atoms with van der Waals surface area (Å²) >= 11 is 6.28. The Morgan fingerprint density at radius 2 is 2.05 bits per heavy atom. The number of anilines is 1. The molecule has 2 unspecified atom stereocenters. The molecule has 0 amide bonds. The summed E-state index contributed by atoms with van der Waals surface area (Å²) < 4.78 is 0. The second-order valence-electron chi connectivity index (χ2n) is 5.54. The highest BCUT2D eigenvalue weighted by Gasteiger charge is 2.37. The van der Waals surface area contributed by atoms with Crippen molar-refractivity contribution in [3.05, 3.63) is 28.8 Å². The molecule has 1 aliphatic carbocycles. The molecule has 4 heteroatoms. The number of carboxylic acid groups (broad SMARTS) is 1. The van der Waals surface area contributed by atoms with Gasteiger partial charge in [0, 0.05) is 12.6 Å². The lowest BCUT2D eigenvalue weighted by molar-refractivity contribution is 0.0697. The van der Waals surface area contributed by atoms with Crippen LogP contribution in [0, 0.1) is 5.92 Å². The number of carboxylic acids is 1. The Bertz CT molecular complexity index is 503. The maximum atomic E-state index is 11.4. The van der Waals surface area contributed by atoms with Crippen molar-refractivity contribution < 1.29 is 9.90 Å². The molecule has 1 heterocycles. The molecule has 2 atom stereocenters. The molecular weight excluding hydrogens is 262 g/mol. The first-order chi connectivity index (χ1) is 9.18. The second-order valence-corrected chi connectivity index (χ2v) is 5.94. The molecule has 1 N–H and O–H groups in total. The van der Waals surface area contributed by atoms with E-state index in [1.165, 1.54) is 19.3 Å². The van der Waals surface area contributed by atoms with E-state index in [1.54, 1.807) is 18.2 Å². The summed E-state index contributed by atoms with van der Waals surface area (Å²) in [5.41, 5.74) is 1.06. The first-order valence-electron chi connectivity index (χ1n) is 6.97. The molecule has 1 aliphatic heterocycles. The minimum atomic E-state index is -0.892. The summed E-state index contributed by atoms with van der Waals surface area (Å²) in [7, 11) is 0. The highest BCUT2D eigenvalue weighted by Crippen LogP contribution is 2.42. The molecule has 2 aliphatic rings. The van der Waals surface area contributed by atoms with Gasteiger partial charge in [0.15, 0.2) is 0 Å². The maximum absolute atomic E-state index is 11.4. The fourth-order valence-corrected chi connectivity index (χ4v) is 3.95. The minimum absolute atomic E-state index is 0.332. The molecule has 0 bridgehead atoms. The van der Waals surface area contributed by atoms with E-state index in [2.05, 4.69) is 4.90 Å². The van der Waals surface area contributed by atoms with Crippen molar-refractivity contribution >= 4 is 23.3 Å². The molecule has 1 saturated carbocycles. The summed E-state index contributed by atoms with van der Waals surface area (Å²) in [6.45, 7) is 0.930. The highest BCUT2D eigenvalue weighted by atomic mass is 35.5. The van der Waals surface area contributed by atoms with Crippen molar-refractivity contribution in [3.8, 4) is 0 Å². The fourth-order valence-electron chi connectivity index (χ4n) is 3.66. The summed E-state index contributed by atoms with van der Waals surface area (Å²) in [6.07, 6.45) is 6.14. The molecule has 0 radical (unpaired) electrons. The van der Waals surface area contributed by atoms with Gasteiger partial charge in [0.05, 0.1) is 16.3 Å². The molecule has 2 fully saturated rings. The summed E-state index contributed by atoms with van der Waals surface area (Å²) in [5.74, 6) is -0.177. The van der Waals surface area contributed by atoms with Crippen molar-refractivity contribution in [1.29, 1.82) is 0 Å². The monoisotopic (exact) mass is 279 g/mol. The second kappa shape index (κ2) is 5.04. The molecule has 0 aromatic heterocycles. The van der Waals surface area contributed by atoms with Crippen LogP contribution in [0.1, 0.15) is 42.5 Å². The molecule has 102 valence electrons. The van der Waals surface area contributed by atoms with Crippen molar-refractivity contribution in [2.75, 3.05) is 11.4 Å². The van der Waals surface area contributed by atoms with E-state index in [4.69, 9.17) is 11.6 Å². The van der Waals surface area contributed by atoms with Crippen molar-refractivity contribution in [1.82, 2.24) is 0 Å². The largest absolute Gasteiger partial charge is 0.478 e. The van der Waals surface area contributed by atoms with Crippen molar-refractivity contribution in [3.63, 3.8) is 0 Å². The topological polar surface area (TPSA) is 40.5 Å². The predicted octanol–water partition coefficient (Wildman–Crippen LogP) is 3.81. The summed E-state index contributed by atoms with van der Waals surface area (Å²) in [4.78, 5) is 13.7. The van der Waals surface area contributed by atoms with Crippen LogP contribution < -0.4 is 4.90 Å². The molecule has 3 nitrogen and oxygen atoms in total. The molecular formula is C15H18ClNO2. The zero-order valence-corrected chi connectivity index (χ0v) is 11.6. The van der Waals surface area contributed by atoms with Gasteiger partial charge in [0.25, 0.3) is 0 Å². The van der Waals surface area contributed by atoms with Crippen LogP contribution in [0.15, 0.2) is 18.2 Å². The molecule has 1 saturated heterocycles. The van der Waals surface area contributed by atoms with Crippen molar-refractivity contribution in [2.45, 2.75) is 38.1 Å². The van der Waals surface area contributed by atoms with Crippen molar-refractivity contribution in [2.24, 2.45) is 5.92 Å². The number of nitrogens with zero attached hydrogens (tertiary/aromatic N) is 1. The Morgan fingerprint density at radius 1 is 1.26 bits per heavy atom. The standard InChI is InChI=1S/C15H18ClNO2/c16-12-6-3-5-11(15(18)19)14(12)17-9-8-10-4-1-2-7-13(10)17/h3,5-6,10,13H,1-2,4,7-9H2,(H,18,19). The third kappa shape index (κ3) is 2.20. The van der Waals surface area contributed by atoms with E-state index in [0.29, 0.717) is 22.5 Å².